The Morgan fingerprint density at radius 3 is 3.00 bits per heavy atom. The van der Waals surface area contributed by atoms with E-state index >= 15 is 0 Å². The summed E-state index contributed by atoms with van der Waals surface area (Å²) in [6.45, 7) is 5.06. The van der Waals surface area contributed by atoms with Crippen molar-refractivity contribution in [2.75, 3.05) is 19.6 Å². The van der Waals surface area contributed by atoms with Crippen molar-refractivity contribution in [2.45, 2.75) is 26.2 Å². The highest BCUT2D eigenvalue weighted by atomic mass is 32.1. The number of benzene rings is 1. The van der Waals surface area contributed by atoms with E-state index in [1.165, 1.54) is 34.9 Å². The molecule has 3 rings (SSSR count). The molecular weight excluding hydrogens is 290 g/mol. The molecule has 116 valence electrons. The van der Waals surface area contributed by atoms with Gasteiger partial charge in [0.2, 0.25) is 0 Å². The second kappa shape index (κ2) is 6.97. The van der Waals surface area contributed by atoms with Crippen LogP contribution in [0.3, 0.4) is 0 Å². The van der Waals surface area contributed by atoms with Gasteiger partial charge in [-0.05, 0) is 36.7 Å². The second-order valence-electron chi connectivity index (χ2n) is 5.76. The molecule has 1 aromatic carbocycles. The lowest BCUT2D eigenvalue weighted by molar-refractivity contribution is 0.449. The topological polar surface area (TPSA) is 31.1 Å². The molecule has 0 atom stereocenters. The van der Waals surface area contributed by atoms with Crippen molar-refractivity contribution in [2.24, 2.45) is 0 Å². The third-order valence-corrected chi connectivity index (χ3v) is 4.64. The SMILES string of the molecule is CCCCNC(=S)N1CC=C(c2c[nH]c3ccccc23)CC1. The summed E-state index contributed by atoms with van der Waals surface area (Å²) in [5, 5.41) is 5.56. The minimum absolute atomic E-state index is 0.891. The van der Waals surface area contributed by atoms with Crippen LogP contribution < -0.4 is 5.32 Å². The van der Waals surface area contributed by atoms with E-state index in [9.17, 15) is 0 Å². The fourth-order valence-corrected chi connectivity index (χ4v) is 3.19. The molecule has 0 saturated carbocycles. The van der Waals surface area contributed by atoms with Crippen LogP contribution in [0.4, 0.5) is 0 Å². The number of hydrogen-bond donors (Lipinski definition) is 2. The van der Waals surface area contributed by atoms with E-state index in [-0.39, 0.29) is 0 Å². The Hall–Kier alpha value is -1.81. The number of nitrogens with one attached hydrogen (secondary N) is 2. The van der Waals surface area contributed by atoms with Crippen LogP contribution in [0.15, 0.2) is 36.5 Å². The number of aromatic amines is 1. The van der Waals surface area contributed by atoms with Crippen molar-refractivity contribution >= 4 is 33.8 Å². The molecule has 1 aromatic heterocycles. The van der Waals surface area contributed by atoms with Gasteiger partial charge in [0.15, 0.2) is 5.11 Å². The minimum atomic E-state index is 0.891. The number of rotatable bonds is 4. The van der Waals surface area contributed by atoms with E-state index in [1.54, 1.807) is 0 Å². The smallest absolute Gasteiger partial charge is 0.169 e. The van der Waals surface area contributed by atoms with Gasteiger partial charge >= 0.3 is 0 Å². The monoisotopic (exact) mass is 313 g/mol. The molecule has 0 fully saturated rings. The summed E-state index contributed by atoms with van der Waals surface area (Å²) in [6, 6.07) is 8.48. The Labute approximate surface area is 137 Å². The van der Waals surface area contributed by atoms with Crippen LogP contribution in [0.25, 0.3) is 16.5 Å². The van der Waals surface area contributed by atoms with Crippen molar-refractivity contribution in [1.82, 2.24) is 15.2 Å². The number of unbranched alkanes of at least 4 members (excludes halogenated alkanes) is 1. The molecular formula is C18H23N3S. The fraction of sp³-hybridized carbons (Fsp3) is 0.389. The van der Waals surface area contributed by atoms with Crippen molar-refractivity contribution in [3.8, 4) is 0 Å². The zero-order valence-corrected chi connectivity index (χ0v) is 13.9. The number of fused-ring (bicyclic) bond motifs is 1. The number of nitrogens with zero attached hydrogens (tertiary/aromatic N) is 1. The van der Waals surface area contributed by atoms with Crippen LogP contribution in [-0.2, 0) is 0 Å². The van der Waals surface area contributed by atoms with Gasteiger partial charge < -0.3 is 15.2 Å². The molecule has 0 radical (unpaired) electrons. The third-order valence-electron chi connectivity index (χ3n) is 4.24. The molecule has 4 heteroatoms. The van der Waals surface area contributed by atoms with Gasteiger partial charge in [0.05, 0.1) is 0 Å². The zero-order chi connectivity index (χ0) is 15.4. The highest BCUT2D eigenvalue weighted by Crippen LogP contribution is 2.29. The number of hydrogen-bond acceptors (Lipinski definition) is 1. The van der Waals surface area contributed by atoms with Crippen molar-refractivity contribution in [1.29, 1.82) is 0 Å². The summed E-state index contributed by atoms with van der Waals surface area (Å²) < 4.78 is 0. The summed E-state index contributed by atoms with van der Waals surface area (Å²) >= 11 is 5.48. The van der Waals surface area contributed by atoms with E-state index in [0.717, 1.165) is 31.2 Å². The first-order valence-corrected chi connectivity index (χ1v) is 8.48. The number of para-hydroxylation sites is 1. The quantitative estimate of drug-likeness (QED) is 0.662. The Kier molecular flexibility index (Phi) is 4.78. The van der Waals surface area contributed by atoms with Crippen LogP contribution in [0, 0.1) is 0 Å². The van der Waals surface area contributed by atoms with Gasteiger partial charge in [-0.3, -0.25) is 0 Å². The van der Waals surface area contributed by atoms with Gasteiger partial charge in [0.1, 0.15) is 0 Å². The van der Waals surface area contributed by atoms with Crippen LogP contribution in [0.5, 0.6) is 0 Å². The molecule has 0 aliphatic carbocycles. The van der Waals surface area contributed by atoms with Gasteiger partial charge in [-0.15, -0.1) is 0 Å². The van der Waals surface area contributed by atoms with Crippen LogP contribution in [0.1, 0.15) is 31.7 Å². The molecule has 2 aromatic rings. The summed E-state index contributed by atoms with van der Waals surface area (Å²) in [5.41, 5.74) is 3.96. The maximum atomic E-state index is 5.48. The number of H-pyrrole nitrogens is 1. The molecule has 0 saturated heterocycles. The average Bonchev–Trinajstić information content (AvgIpc) is 2.99. The van der Waals surface area contributed by atoms with Crippen molar-refractivity contribution in [3.63, 3.8) is 0 Å². The third kappa shape index (κ3) is 3.17. The molecule has 22 heavy (non-hydrogen) atoms. The Bertz CT molecular complexity index is 686. The zero-order valence-electron chi connectivity index (χ0n) is 13.1. The highest BCUT2D eigenvalue weighted by molar-refractivity contribution is 7.80. The lowest BCUT2D eigenvalue weighted by Gasteiger charge is -2.29. The van der Waals surface area contributed by atoms with E-state index in [1.807, 2.05) is 0 Å². The average molecular weight is 313 g/mol. The first-order chi connectivity index (χ1) is 10.8. The number of thiocarbonyl (C=S) groups is 1. The maximum Gasteiger partial charge on any atom is 0.169 e. The van der Waals surface area contributed by atoms with E-state index < -0.39 is 0 Å². The standard InChI is InChI=1S/C18H23N3S/c1-2-3-10-19-18(22)21-11-8-14(9-12-21)16-13-20-17-7-5-4-6-15(16)17/h4-8,13,20H,2-3,9-12H2,1H3,(H,19,22). The lowest BCUT2D eigenvalue weighted by Crippen LogP contribution is -2.42. The van der Waals surface area contributed by atoms with E-state index in [2.05, 4.69) is 58.7 Å². The summed E-state index contributed by atoms with van der Waals surface area (Å²) in [4.78, 5) is 5.61. The van der Waals surface area contributed by atoms with Crippen LogP contribution >= 0.6 is 12.2 Å². The van der Waals surface area contributed by atoms with E-state index in [0.29, 0.717) is 0 Å². The van der Waals surface area contributed by atoms with Gasteiger partial charge in [-0.2, -0.15) is 0 Å². The summed E-state index contributed by atoms with van der Waals surface area (Å²) in [7, 11) is 0. The molecule has 1 aliphatic rings. The molecule has 3 nitrogen and oxygen atoms in total. The van der Waals surface area contributed by atoms with Gasteiger partial charge in [-0.1, -0.05) is 37.6 Å². The predicted octanol–water partition coefficient (Wildman–Crippen LogP) is 3.93. The van der Waals surface area contributed by atoms with Crippen molar-refractivity contribution in [3.05, 3.63) is 42.1 Å². The van der Waals surface area contributed by atoms with Crippen LogP contribution in [0.2, 0.25) is 0 Å². The second-order valence-corrected chi connectivity index (χ2v) is 6.15. The molecule has 0 spiro atoms. The molecule has 2 heterocycles. The van der Waals surface area contributed by atoms with E-state index in [4.69, 9.17) is 12.2 Å². The first-order valence-electron chi connectivity index (χ1n) is 8.08. The predicted molar refractivity (Wildman–Crippen MR) is 98.0 cm³/mol. The van der Waals surface area contributed by atoms with Crippen LogP contribution in [-0.4, -0.2) is 34.6 Å². The van der Waals surface area contributed by atoms with Gasteiger partial charge in [-0.25, -0.2) is 0 Å². The largest absolute Gasteiger partial charge is 0.363 e. The normalized spacial score (nSPS) is 15.0. The summed E-state index contributed by atoms with van der Waals surface area (Å²) in [5.74, 6) is 0. The van der Waals surface area contributed by atoms with Gasteiger partial charge in [0.25, 0.3) is 0 Å². The molecule has 0 bridgehead atoms. The molecule has 0 amide bonds. The molecule has 1 aliphatic heterocycles. The first kappa shape index (κ1) is 15.1. The number of aromatic nitrogens is 1. The Morgan fingerprint density at radius 2 is 2.23 bits per heavy atom. The molecule has 0 unspecified atom stereocenters. The Morgan fingerprint density at radius 1 is 1.36 bits per heavy atom. The van der Waals surface area contributed by atoms with Crippen molar-refractivity contribution < 1.29 is 0 Å². The Balaban J connectivity index is 1.67. The van der Waals surface area contributed by atoms with Gasteiger partial charge in [0, 0.05) is 42.3 Å². The lowest BCUT2D eigenvalue weighted by atomic mass is 9.99. The summed E-state index contributed by atoms with van der Waals surface area (Å²) in [6.07, 6.45) is 7.85. The highest BCUT2D eigenvalue weighted by Gasteiger charge is 2.16. The molecule has 2 N–H and O–H groups in total. The fourth-order valence-electron chi connectivity index (χ4n) is 2.92. The maximum absolute atomic E-state index is 5.48. The minimum Gasteiger partial charge on any atom is -0.363 e.